The van der Waals surface area contributed by atoms with Gasteiger partial charge in [0.2, 0.25) is 0 Å². The van der Waals surface area contributed by atoms with Gasteiger partial charge in [0.05, 0.1) is 18.3 Å². The molecule has 2 heterocycles. The maximum absolute atomic E-state index is 11.9. The zero-order valence-electron chi connectivity index (χ0n) is 10.5. The molecule has 0 saturated carbocycles. The van der Waals surface area contributed by atoms with Gasteiger partial charge in [0.1, 0.15) is 11.5 Å². The second-order valence-corrected chi connectivity index (χ2v) is 6.23. The summed E-state index contributed by atoms with van der Waals surface area (Å²) in [6, 6.07) is -0.660. The van der Waals surface area contributed by atoms with Crippen molar-refractivity contribution in [2.45, 2.75) is 12.6 Å². The Labute approximate surface area is 110 Å². The largest absolute Gasteiger partial charge is 0.391 e. The number of fused-ring (bicyclic) bond motifs is 1. The van der Waals surface area contributed by atoms with Crippen molar-refractivity contribution in [2.75, 3.05) is 37.4 Å². The highest BCUT2D eigenvalue weighted by atomic mass is 32.2. The molecule has 0 aliphatic carbocycles. The lowest BCUT2D eigenvalue weighted by Crippen LogP contribution is -2.32. The maximum atomic E-state index is 11.9. The third kappa shape index (κ3) is 2.60. The number of hydrogen-bond donors (Lipinski definition) is 3. The lowest BCUT2D eigenvalue weighted by Gasteiger charge is -2.21. The second kappa shape index (κ2) is 4.54. The number of anilines is 2. The average molecular weight is 291 g/mol. The summed E-state index contributed by atoms with van der Waals surface area (Å²) in [4.78, 5) is 13.8. The van der Waals surface area contributed by atoms with Crippen LogP contribution in [0.1, 0.15) is 6.04 Å². The molecule has 1 aromatic rings. The van der Waals surface area contributed by atoms with Crippen molar-refractivity contribution in [3.8, 4) is 0 Å². The van der Waals surface area contributed by atoms with Crippen molar-refractivity contribution < 1.29 is 13.0 Å². The van der Waals surface area contributed by atoms with Crippen molar-refractivity contribution in [3.63, 3.8) is 0 Å². The van der Waals surface area contributed by atoms with Gasteiger partial charge in [0.25, 0.3) is 15.7 Å². The molecule has 1 unspecified atom stereocenters. The van der Waals surface area contributed by atoms with Crippen molar-refractivity contribution in [3.05, 3.63) is 10.4 Å². The van der Waals surface area contributed by atoms with Crippen LogP contribution in [-0.2, 0) is 16.7 Å². The molecule has 0 saturated heterocycles. The van der Waals surface area contributed by atoms with Crippen LogP contribution in [-0.4, -0.2) is 53.1 Å². The van der Waals surface area contributed by atoms with Gasteiger partial charge in [-0.05, 0) is 7.05 Å². The van der Waals surface area contributed by atoms with Crippen LogP contribution in [0.4, 0.5) is 11.5 Å². The number of nitrogens with zero attached hydrogens (tertiary/aromatic N) is 3. The van der Waals surface area contributed by atoms with Gasteiger partial charge in [0, 0.05) is 13.1 Å². The molecular weight excluding hydrogens is 274 g/mol. The topological polar surface area (TPSA) is 137 Å². The van der Waals surface area contributed by atoms with Gasteiger partial charge in [0.15, 0.2) is 0 Å². The summed E-state index contributed by atoms with van der Waals surface area (Å²) in [6.07, 6.45) is 0. The fourth-order valence-electron chi connectivity index (χ4n) is 2.36. The molecule has 1 atom stereocenters. The Balaban J connectivity index is 2.56. The first-order chi connectivity index (χ1) is 8.70. The Bertz CT molecular complexity index is 646. The van der Waals surface area contributed by atoms with E-state index in [1.54, 1.807) is 7.05 Å². The summed E-state index contributed by atoms with van der Waals surface area (Å²) >= 11 is 0. The Morgan fingerprint density at radius 2 is 2.00 bits per heavy atom. The molecule has 108 valence electrons. The van der Waals surface area contributed by atoms with Crippen LogP contribution in [0.2, 0.25) is 0 Å². The lowest BCUT2D eigenvalue weighted by atomic mass is 10.3. The van der Waals surface area contributed by atoms with Crippen LogP contribution in [0.3, 0.4) is 0 Å². The van der Waals surface area contributed by atoms with Gasteiger partial charge in [-0.2, -0.15) is 8.42 Å². The van der Waals surface area contributed by atoms with E-state index >= 15 is 0 Å². The van der Waals surface area contributed by atoms with Crippen LogP contribution in [0, 0.1) is 0 Å². The summed E-state index contributed by atoms with van der Waals surface area (Å²) in [5.74, 6) is -0.483. The molecule has 1 aliphatic rings. The average Bonchev–Trinajstić information content (AvgIpc) is 2.43. The highest BCUT2D eigenvalue weighted by molar-refractivity contribution is 7.85. The summed E-state index contributed by atoms with van der Waals surface area (Å²) in [7, 11) is -2.39. The number of likely N-dealkylation sites (N-methyl/N-ethyl adjacent to an activating group) is 1. The Kier molecular flexibility index (Phi) is 3.32. The first kappa shape index (κ1) is 13.9. The number of nitrogen functional groups attached to an aromatic ring is 2. The van der Waals surface area contributed by atoms with Gasteiger partial charge in [-0.25, -0.2) is 4.68 Å². The summed E-state index contributed by atoms with van der Waals surface area (Å²) in [5.41, 5.74) is 10.8. The van der Waals surface area contributed by atoms with E-state index in [1.165, 1.54) is 9.36 Å². The molecule has 0 bridgehead atoms. The zero-order valence-corrected chi connectivity index (χ0v) is 11.3. The second-order valence-electron chi connectivity index (χ2n) is 4.74. The lowest BCUT2D eigenvalue weighted by molar-refractivity contribution is 0.309. The molecule has 10 heteroatoms. The van der Waals surface area contributed by atoms with E-state index in [4.69, 9.17) is 16.0 Å². The molecule has 0 aromatic carbocycles. The van der Waals surface area contributed by atoms with Crippen molar-refractivity contribution in [1.29, 1.82) is 0 Å². The molecule has 1 aliphatic heterocycles. The molecule has 19 heavy (non-hydrogen) atoms. The fourth-order valence-corrected chi connectivity index (χ4v) is 3.10. The zero-order chi connectivity index (χ0) is 14.4. The number of rotatable bonds is 2. The number of nitrogens with two attached hydrogens (primary N) is 2. The number of aromatic nitrogens is 2. The third-order valence-electron chi connectivity index (χ3n) is 3.21. The van der Waals surface area contributed by atoms with Crippen LogP contribution in [0.15, 0.2) is 4.79 Å². The summed E-state index contributed by atoms with van der Waals surface area (Å²) < 4.78 is 33.9. The van der Waals surface area contributed by atoms with Crippen molar-refractivity contribution in [2.24, 2.45) is 0 Å². The minimum absolute atomic E-state index is 0.0361. The molecule has 0 fully saturated rings. The molecule has 2 rings (SSSR count). The predicted molar refractivity (Wildman–Crippen MR) is 70.5 cm³/mol. The highest BCUT2D eigenvalue weighted by Gasteiger charge is 2.29. The van der Waals surface area contributed by atoms with E-state index in [9.17, 15) is 13.2 Å². The monoisotopic (exact) mass is 291 g/mol. The minimum Gasteiger partial charge on any atom is -0.391 e. The summed E-state index contributed by atoms with van der Waals surface area (Å²) in [5, 5.41) is 0. The Morgan fingerprint density at radius 1 is 1.37 bits per heavy atom. The number of hydrogen-bond acceptors (Lipinski definition) is 6. The van der Waals surface area contributed by atoms with Gasteiger partial charge >= 0.3 is 0 Å². The minimum atomic E-state index is -4.19. The van der Waals surface area contributed by atoms with Crippen LogP contribution in [0.5, 0.6) is 0 Å². The van der Waals surface area contributed by atoms with E-state index in [-0.39, 0.29) is 11.5 Å². The first-order valence-corrected chi connectivity index (χ1v) is 7.31. The fraction of sp³-hybridized carbons (Fsp3) is 0.667. The van der Waals surface area contributed by atoms with E-state index in [0.29, 0.717) is 19.6 Å². The van der Waals surface area contributed by atoms with Gasteiger partial charge < -0.3 is 16.4 Å². The molecule has 5 N–H and O–H groups in total. The SMILES string of the molecule is CN1CCn2c(=O)c(N)c(N)n2C(CS(=O)(=O)O)C1. The predicted octanol–water partition coefficient (Wildman–Crippen LogP) is -1.81. The van der Waals surface area contributed by atoms with Gasteiger partial charge in [-0.1, -0.05) is 0 Å². The standard InChI is InChI=1S/C9H17N5O4S/c1-12-2-3-13-9(15)7(10)8(11)14(13)6(4-12)5-19(16,17)18/h6H,2-5,10-11H2,1H3,(H,16,17,18). The summed E-state index contributed by atoms with van der Waals surface area (Å²) in [6.45, 7) is 1.26. The van der Waals surface area contributed by atoms with Gasteiger partial charge in [-0.15, -0.1) is 0 Å². The van der Waals surface area contributed by atoms with E-state index in [2.05, 4.69) is 0 Å². The van der Waals surface area contributed by atoms with E-state index in [1.807, 2.05) is 4.90 Å². The Hall–Kier alpha value is -1.52. The maximum Gasteiger partial charge on any atom is 0.292 e. The quantitative estimate of drug-likeness (QED) is 0.546. The third-order valence-corrected chi connectivity index (χ3v) is 4.02. The highest BCUT2D eigenvalue weighted by Crippen LogP contribution is 2.21. The van der Waals surface area contributed by atoms with Crippen LogP contribution >= 0.6 is 0 Å². The van der Waals surface area contributed by atoms with Crippen molar-refractivity contribution in [1.82, 2.24) is 14.3 Å². The molecule has 9 nitrogen and oxygen atoms in total. The molecule has 0 amide bonds. The van der Waals surface area contributed by atoms with Gasteiger partial charge in [-0.3, -0.25) is 14.0 Å². The molecule has 1 aromatic heterocycles. The first-order valence-electron chi connectivity index (χ1n) is 5.70. The van der Waals surface area contributed by atoms with E-state index in [0.717, 1.165) is 0 Å². The molecule has 0 spiro atoms. The van der Waals surface area contributed by atoms with E-state index < -0.39 is 27.5 Å². The molecule has 0 radical (unpaired) electrons. The van der Waals surface area contributed by atoms with Crippen molar-refractivity contribution >= 4 is 21.6 Å². The normalized spacial score (nSPS) is 21.1. The smallest absolute Gasteiger partial charge is 0.292 e. The Morgan fingerprint density at radius 3 is 2.58 bits per heavy atom. The van der Waals surface area contributed by atoms with Crippen LogP contribution < -0.4 is 17.0 Å². The molecular formula is C9H17N5O4S. The van der Waals surface area contributed by atoms with Crippen LogP contribution in [0.25, 0.3) is 0 Å².